The lowest BCUT2D eigenvalue weighted by Crippen LogP contribution is -2.42. The van der Waals surface area contributed by atoms with Crippen molar-refractivity contribution in [3.8, 4) is 10.6 Å². The van der Waals surface area contributed by atoms with Crippen LogP contribution >= 0.6 is 59.4 Å². The van der Waals surface area contributed by atoms with Gasteiger partial charge in [0, 0.05) is 35.1 Å². The first-order chi connectivity index (χ1) is 11.6. The van der Waals surface area contributed by atoms with Crippen molar-refractivity contribution in [1.82, 2.24) is 15.2 Å². The van der Waals surface area contributed by atoms with Crippen LogP contribution in [0.2, 0.25) is 10.0 Å². The monoisotopic (exact) mass is 455 g/mol. The third-order valence-electron chi connectivity index (χ3n) is 4.09. The van der Waals surface area contributed by atoms with Gasteiger partial charge >= 0.3 is 0 Å². The van der Waals surface area contributed by atoms with Gasteiger partial charge in [-0.1, -0.05) is 30.1 Å². The summed E-state index contributed by atoms with van der Waals surface area (Å²) in [6.07, 6.45) is 1.92. The average molecular weight is 457 g/mol. The van der Waals surface area contributed by atoms with E-state index >= 15 is 0 Å². The molecule has 1 amide bonds. The number of amides is 1. The second-order valence-electron chi connectivity index (χ2n) is 5.81. The van der Waals surface area contributed by atoms with E-state index in [2.05, 4.69) is 17.2 Å². The predicted octanol–water partition coefficient (Wildman–Crippen LogP) is 5.17. The van der Waals surface area contributed by atoms with Crippen molar-refractivity contribution in [3.05, 3.63) is 39.3 Å². The van der Waals surface area contributed by atoms with E-state index < -0.39 is 0 Å². The van der Waals surface area contributed by atoms with Crippen LogP contribution in [0.1, 0.15) is 30.3 Å². The Bertz CT molecular complexity index is 735. The van der Waals surface area contributed by atoms with Crippen LogP contribution in [0.15, 0.2) is 23.6 Å². The Morgan fingerprint density at radius 2 is 2.15 bits per heavy atom. The van der Waals surface area contributed by atoms with E-state index in [4.69, 9.17) is 23.2 Å². The number of carbonyl (C=O) groups is 1. The Morgan fingerprint density at radius 3 is 2.77 bits per heavy atom. The number of rotatable bonds is 5. The lowest BCUT2D eigenvalue weighted by molar-refractivity contribution is 0.0687. The number of benzene rings is 1. The van der Waals surface area contributed by atoms with Crippen molar-refractivity contribution in [2.24, 2.45) is 0 Å². The van der Waals surface area contributed by atoms with Crippen molar-refractivity contribution in [3.63, 3.8) is 0 Å². The first-order valence-corrected chi connectivity index (χ1v) is 9.66. The number of hydrogen-bond donors (Lipinski definition) is 1. The third-order valence-corrected chi connectivity index (χ3v) is 5.51. The van der Waals surface area contributed by atoms with Crippen LogP contribution in [0, 0.1) is 0 Å². The molecule has 9 heteroatoms. The first-order valence-electron chi connectivity index (χ1n) is 8.02. The van der Waals surface area contributed by atoms with E-state index in [0.29, 0.717) is 15.7 Å². The first kappa shape index (κ1) is 23.5. The molecule has 1 unspecified atom stereocenters. The molecule has 0 bridgehead atoms. The summed E-state index contributed by atoms with van der Waals surface area (Å²) in [6, 6.07) is 5.55. The SMILES string of the molecule is CCCN(C(=O)c1csc(-c2ccc(Cl)cc2Cl)n1)C1CCNC1.Cl.Cl. The number of nitrogens with one attached hydrogen (secondary N) is 1. The molecular formula is C17H21Cl4N3OS. The Kier molecular flexibility index (Phi) is 9.65. The molecule has 1 saturated heterocycles. The van der Waals surface area contributed by atoms with Crippen LogP contribution in [0.3, 0.4) is 0 Å². The molecular weight excluding hydrogens is 436 g/mol. The summed E-state index contributed by atoms with van der Waals surface area (Å²) >= 11 is 13.6. The Labute approximate surface area is 180 Å². The van der Waals surface area contributed by atoms with Gasteiger partial charge in [-0.2, -0.15) is 0 Å². The van der Waals surface area contributed by atoms with Crippen molar-refractivity contribution in [2.75, 3.05) is 19.6 Å². The molecule has 144 valence electrons. The summed E-state index contributed by atoms with van der Waals surface area (Å²) in [5.41, 5.74) is 1.29. The van der Waals surface area contributed by atoms with Gasteiger partial charge in [0.05, 0.1) is 5.02 Å². The van der Waals surface area contributed by atoms with Gasteiger partial charge in [0.25, 0.3) is 5.91 Å². The highest BCUT2D eigenvalue weighted by Gasteiger charge is 2.28. The molecule has 1 N–H and O–H groups in total. The summed E-state index contributed by atoms with van der Waals surface area (Å²) in [5, 5.41) is 7.00. The zero-order valence-electron chi connectivity index (χ0n) is 14.2. The lowest BCUT2D eigenvalue weighted by atomic mass is 10.2. The number of halogens is 4. The standard InChI is InChI=1S/C17H19Cl2N3OS.2ClH/c1-2-7-22(12-5-6-20-9-12)17(23)15-10-24-16(21-15)13-4-3-11(18)8-14(13)19;;/h3-4,8,10,12,20H,2,5-7,9H2,1H3;2*1H. The molecule has 1 aliphatic heterocycles. The van der Waals surface area contributed by atoms with E-state index in [1.807, 2.05) is 16.3 Å². The zero-order valence-corrected chi connectivity index (χ0v) is 18.2. The van der Waals surface area contributed by atoms with Crippen LogP contribution in [-0.2, 0) is 0 Å². The van der Waals surface area contributed by atoms with Crippen LogP contribution in [-0.4, -0.2) is 41.5 Å². The second kappa shape index (κ2) is 10.7. The lowest BCUT2D eigenvalue weighted by Gasteiger charge is -2.27. The molecule has 2 aromatic rings. The maximum Gasteiger partial charge on any atom is 0.273 e. The fraction of sp³-hybridized carbons (Fsp3) is 0.412. The number of aromatic nitrogens is 1. The van der Waals surface area contributed by atoms with E-state index in [9.17, 15) is 4.79 Å². The van der Waals surface area contributed by atoms with E-state index in [1.165, 1.54) is 11.3 Å². The topological polar surface area (TPSA) is 45.2 Å². The van der Waals surface area contributed by atoms with Crippen LogP contribution in [0.25, 0.3) is 10.6 Å². The quantitative estimate of drug-likeness (QED) is 0.674. The summed E-state index contributed by atoms with van der Waals surface area (Å²) in [5.74, 6) is -0.00173. The number of thiazole rings is 1. The van der Waals surface area contributed by atoms with E-state index in [-0.39, 0.29) is 36.8 Å². The number of nitrogens with zero attached hydrogens (tertiary/aromatic N) is 2. The van der Waals surface area contributed by atoms with Crippen molar-refractivity contribution in [1.29, 1.82) is 0 Å². The molecule has 26 heavy (non-hydrogen) atoms. The van der Waals surface area contributed by atoms with Gasteiger partial charge < -0.3 is 10.2 Å². The molecule has 0 aliphatic carbocycles. The predicted molar refractivity (Wildman–Crippen MR) is 115 cm³/mol. The molecule has 1 aromatic heterocycles. The van der Waals surface area contributed by atoms with Crippen molar-refractivity contribution < 1.29 is 4.79 Å². The van der Waals surface area contributed by atoms with Gasteiger partial charge in [0.1, 0.15) is 10.7 Å². The van der Waals surface area contributed by atoms with Gasteiger partial charge in [0.2, 0.25) is 0 Å². The highest BCUT2D eigenvalue weighted by atomic mass is 35.5. The Hall–Kier alpha value is -0.560. The van der Waals surface area contributed by atoms with Crippen molar-refractivity contribution >= 4 is 65.3 Å². The van der Waals surface area contributed by atoms with Gasteiger partial charge in [-0.05, 0) is 37.6 Å². The van der Waals surface area contributed by atoms with Crippen LogP contribution < -0.4 is 5.32 Å². The van der Waals surface area contributed by atoms with Crippen molar-refractivity contribution in [2.45, 2.75) is 25.8 Å². The maximum atomic E-state index is 12.9. The summed E-state index contributed by atoms with van der Waals surface area (Å²) < 4.78 is 0. The van der Waals surface area contributed by atoms with Gasteiger partial charge in [-0.25, -0.2) is 4.98 Å². The Morgan fingerprint density at radius 1 is 1.38 bits per heavy atom. The number of hydrogen-bond acceptors (Lipinski definition) is 4. The fourth-order valence-corrected chi connectivity index (χ4v) is 4.29. The van der Waals surface area contributed by atoms with Crippen LogP contribution in [0.4, 0.5) is 0 Å². The summed E-state index contributed by atoms with van der Waals surface area (Å²) in [6.45, 7) is 4.65. The smallest absolute Gasteiger partial charge is 0.273 e. The molecule has 0 spiro atoms. The summed E-state index contributed by atoms with van der Waals surface area (Å²) in [7, 11) is 0. The highest BCUT2D eigenvalue weighted by molar-refractivity contribution is 7.13. The molecule has 1 fully saturated rings. The molecule has 1 aliphatic rings. The minimum atomic E-state index is -0.00173. The van der Waals surface area contributed by atoms with E-state index in [0.717, 1.165) is 43.0 Å². The minimum Gasteiger partial charge on any atom is -0.333 e. The molecule has 4 nitrogen and oxygen atoms in total. The van der Waals surface area contributed by atoms with Crippen LogP contribution in [0.5, 0.6) is 0 Å². The maximum absolute atomic E-state index is 12.9. The fourth-order valence-electron chi connectivity index (χ4n) is 2.90. The molecule has 1 atom stereocenters. The Balaban J connectivity index is 0.00000169. The molecule has 0 saturated carbocycles. The minimum absolute atomic E-state index is 0. The van der Waals surface area contributed by atoms with E-state index in [1.54, 1.807) is 12.1 Å². The largest absolute Gasteiger partial charge is 0.333 e. The van der Waals surface area contributed by atoms with Gasteiger partial charge in [-0.15, -0.1) is 36.2 Å². The second-order valence-corrected chi connectivity index (χ2v) is 7.51. The molecule has 0 radical (unpaired) electrons. The van der Waals surface area contributed by atoms with Gasteiger partial charge in [-0.3, -0.25) is 4.79 Å². The van der Waals surface area contributed by atoms with Gasteiger partial charge in [0.15, 0.2) is 0 Å². The normalized spacial score (nSPS) is 15.9. The summed E-state index contributed by atoms with van der Waals surface area (Å²) in [4.78, 5) is 19.4. The molecule has 2 heterocycles. The third kappa shape index (κ3) is 5.24. The zero-order chi connectivity index (χ0) is 17.1. The molecule has 1 aromatic carbocycles. The molecule has 3 rings (SSSR count). The number of carbonyl (C=O) groups excluding carboxylic acids is 1. The highest BCUT2D eigenvalue weighted by Crippen LogP contribution is 2.32. The average Bonchev–Trinajstić information content (AvgIpc) is 3.23.